The minimum Gasteiger partial charge on any atom is -0.276 e. The molecule has 0 atom stereocenters. The lowest BCUT2D eigenvalue weighted by Gasteiger charge is -2.28. The highest BCUT2D eigenvalue weighted by atomic mass is 19.1. The van der Waals surface area contributed by atoms with Gasteiger partial charge in [-0.25, -0.2) is 9.18 Å². The van der Waals surface area contributed by atoms with Crippen LogP contribution in [-0.4, -0.2) is 27.3 Å². The van der Waals surface area contributed by atoms with E-state index >= 15 is 0 Å². The number of aromatic nitrogens is 2. The predicted molar refractivity (Wildman–Crippen MR) is 70.8 cm³/mol. The van der Waals surface area contributed by atoms with Crippen LogP contribution in [-0.2, 0) is 11.8 Å². The lowest BCUT2D eigenvalue weighted by molar-refractivity contribution is -0.122. The molecule has 3 amide bonds. The van der Waals surface area contributed by atoms with Gasteiger partial charge in [-0.3, -0.25) is 19.7 Å². The van der Waals surface area contributed by atoms with Gasteiger partial charge in [0.25, 0.3) is 5.91 Å². The number of benzene rings is 1. The fourth-order valence-corrected chi connectivity index (χ4v) is 2.43. The fourth-order valence-electron chi connectivity index (χ4n) is 2.43. The van der Waals surface area contributed by atoms with E-state index in [-0.39, 0.29) is 5.69 Å². The lowest BCUT2D eigenvalue weighted by Crippen LogP contribution is -2.44. The van der Waals surface area contributed by atoms with Gasteiger partial charge in [0, 0.05) is 7.05 Å². The average molecular weight is 276 g/mol. The van der Waals surface area contributed by atoms with E-state index in [2.05, 4.69) is 10.4 Å². The highest BCUT2D eigenvalue weighted by molar-refractivity contribution is 6.16. The Morgan fingerprint density at radius 2 is 2.00 bits per heavy atom. The van der Waals surface area contributed by atoms with Gasteiger partial charge in [-0.15, -0.1) is 0 Å². The molecular formula is C13H13FN4O2. The Bertz CT molecular complexity index is 750. The molecule has 1 fully saturated rings. The highest BCUT2D eigenvalue weighted by Gasteiger charge is 2.47. The number of carbonyl (C=O) groups excluding carboxylic acids is 2. The van der Waals surface area contributed by atoms with Gasteiger partial charge in [-0.05, 0) is 26.0 Å². The van der Waals surface area contributed by atoms with Gasteiger partial charge in [0.15, 0.2) is 5.82 Å². The number of fused-ring (bicyclic) bond motifs is 1. The van der Waals surface area contributed by atoms with Crippen LogP contribution in [0.2, 0.25) is 0 Å². The molecule has 0 saturated carbocycles. The largest absolute Gasteiger partial charge is 0.329 e. The van der Waals surface area contributed by atoms with Gasteiger partial charge in [0.1, 0.15) is 5.54 Å². The van der Waals surface area contributed by atoms with E-state index in [1.165, 1.54) is 12.3 Å². The number of nitrogens with zero attached hydrogens (tertiary/aromatic N) is 3. The maximum absolute atomic E-state index is 14.6. The number of anilines is 1. The van der Waals surface area contributed by atoms with Gasteiger partial charge in [-0.1, -0.05) is 0 Å². The second-order valence-electron chi connectivity index (χ2n) is 5.25. The van der Waals surface area contributed by atoms with E-state index in [1.54, 1.807) is 31.6 Å². The van der Waals surface area contributed by atoms with E-state index in [0.29, 0.717) is 10.9 Å². The highest BCUT2D eigenvalue weighted by Crippen LogP contribution is 2.33. The van der Waals surface area contributed by atoms with Gasteiger partial charge in [0.2, 0.25) is 0 Å². The number of hydrogen-bond acceptors (Lipinski definition) is 3. The Kier molecular flexibility index (Phi) is 2.38. The molecule has 1 aromatic carbocycles. The summed E-state index contributed by atoms with van der Waals surface area (Å²) >= 11 is 0. The summed E-state index contributed by atoms with van der Waals surface area (Å²) in [6.45, 7) is 3.14. The van der Waals surface area contributed by atoms with Gasteiger partial charge < -0.3 is 0 Å². The Hall–Kier alpha value is -2.44. The summed E-state index contributed by atoms with van der Waals surface area (Å²) in [5.41, 5.74) is -0.442. The number of amides is 3. The quantitative estimate of drug-likeness (QED) is 0.803. The molecular weight excluding hydrogens is 263 g/mol. The molecule has 1 aromatic heterocycles. The summed E-state index contributed by atoms with van der Waals surface area (Å²) in [7, 11) is 1.71. The molecule has 0 aliphatic carbocycles. The van der Waals surface area contributed by atoms with Crippen molar-refractivity contribution in [2.45, 2.75) is 19.4 Å². The predicted octanol–water partition coefficient (Wildman–Crippen LogP) is 1.55. The van der Waals surface area contributed by atoms with Crippen LogP contribution in [0, 0.1) is 5.82 Å². The van der Waals surface area contributed by atoms with Crippen LogP contribution in [0.5, 0.6) is 0 Å². The van der Waals surface area contributed by atoms with Crippen molar-refractivity contribution in [2.75, 3.05) is 4.90 Å². The van der Waals surface area contributed by atoms with Crippen LogP contribution < -0.4 is 10.2 Å². The summed E-state index contributed by atoms with van der Waals surface area (Å²) < 4.78 is 16.1. The number of urea groups is 1. The topological polar surface area (TPSA) is 67.2 Å². The first-order chi connectivity index (χ1) is 9.34. The van der Waals surface area contributed by atoms with Crippen molar-refractivity contribution < 1.29 is 14.0 Å². The summed E-state index contributed by atoms with van der Waals surface area (Å²) in [6.07, 6.45) is 1.40. The first-order valence-electron chi connectivity index (χ1n) is 6.10. The standard InChI is InChI=1S/C13H13FN4O2/c1-13(2)11(19)16-12(20)18(13)9-5-4-8-7(10(9)14)6-15-17(8)3/h4-6H,1-3H3,(H,16,19,20). The minimum atomic E-state index is -1.13. The van der Waals surface area contributed by atoms with Crippen molar-refractivity contribution in [1.82, 2.24) is 15.1 Å². The first-order valence-corrected chi connectivity index (χ1v) is 6.10. The van der Waals surface area contributed by atoms with E-state index in [4.69, 9.17) is 0 Å². The minimum absolute atomic E-state index is 0.0684. The molecule has 3 rings (SSSR count). The zero-order chi connectivity index (χ0) is 14.7. The molecule has 0 bridgehead atoms. The molecule has 2 aromatic rings. The monoisotopic (exact) mass is 276 g/mol. The number of halogens is 1. The second-order valence-corrected chi connectivity index (χ2v) is 5.25. The number of nitrogens with one attached hydrogen (secondary N) is 1. The smallest absolute Gasteiger partial charge is 0.276 e. The third kappa shape index (κ3) is 1.46. The Morgan fingerprint density at radius 1 is 1.30 bits per heavy atom. The molecule has 7 heteroatoms. The van der Waals surface area contributed by atoms with Crippen LogP contribution in [0.3, 0.4) is 0 Å². The molecule has 6 nitrogen and oxygen atoms in total. The molecule has 20 heavy (non-hydrogen) atoms. The third-order valence-electron chi connectivity index (χ3n) is 3.62. The van der Waals surface area contributed by atoms with Crippen molar-refractivity contribution in [2.24, 2.45) is 7.05 Å². The summed E-state index contributed by atoms with van der Waals surface area (Å²) in [5.74, 6) is -1.01. The summed E-state index contributed by atoms with van der Waals surface area (Å²) in [5, 5.41) is 6.49. The number of aryl methyl sites for hydroxylation is 1. The summed E-state index contributed by atoms with van der Waals surface area (Å²) in [6, 6.07) is 2.54. The third-order valence-corrected chi connectivity index (χ3v) is 3.62. The van der Waals surface area contributed by atoms with Gasteiger partial charge >= 0.3 is 6.03 Å². The van der Waals surface area contributed by atoms with Crippen LogP contribution in [0.1, 0.15) is 13.8 Å². The molecule has 1 aliphatic heterocycles. The number of rotatable bonds is 1. The van der Waals surface area contributed by atoms with Crippen molar-refractivity contribution >= 4 is 28.5 Å². The van der Waals surface area contributed by atoms with Crippen LogP contribution >= 0.6 is 0 Å². The first kappa shape index (κ1) is 12.6. The zero-order valence-corrected chi connectivity index (χ0v) is 11.3. The average Bonchev–Trinajstić information content (AvgIpc) is 2.82. The molecule has 0 unspecified atom stereocenters. The Labute approximate surface area is 114 Å². The maximum Gasteiger partial charge on any atom is 0.329 e. The molecule has 1 saturated heterocycles. The summed E-state index contributed by atoms with van der Waals surface area (Å²) in [4.78, 5) is 24.8. The maximum atomic E-state index is 14.6. The van der Waals surface area contributed by atoms with Crippen LogP contribution in [0.4, 0.5) is 14.9 Å². The zero-order valence-electron chi connectivity index (χ0n) is 11.3. The van der Waals surface area contributed by atoms with Crippen molar-refractivity contribution in [3.05, 3.63) is 24.1 Å². The van der Waals surface area contributed by atoms with Crippen LogP contribution in [0.15, 0.2) is 18.3 Å². The lowest BCUT2D eigenvalue weighted by atomic mass is 10.0. The Balaban J connectivity index is 2.22. The second kappa shape index (κ2) is 3.78. The molecule has 0 radical (unpaired) electrons. The molecule has 1 aliphatic rings. The fraction of sp³-hybridized carbons (Fsp3) is 0.308. The van der Waals surface area contributed by atoms with Crippen molar-refractivity contribution in [1.29, 1.82) is 0 Å². The normalized spacial score (nSPS) is 17.9. The Morgan fingerprint density at radius 3 is 2.60 bits per heavy atom. The van der Waals surface area contributed by atoms with E-state index < -0.39 is 23.3 Å². The molecule has 1 N–H and O–H groups in total. The van der Waals surface area contributed by atoms with E-state index in [1.807, 2.05) is 0 Å². The number of carbonyl (C=O) groups is 2. The van der Waals surface area contributed by atoms with Gasteiger partial charge in [0.05, 0.1) is 22.8 Å². The molecule has 2 heterocycles. The van der Waals surface area contributed by atoms with E-state index in [0.717, 1.165) is 4.90 Å². The molecule has 0 spiro atoms. The number of imide groups is 1. The van der Waals surface area contributed by atoms with Crippen molar-refractivity contribution in [3.63, 3.8) is 0 Å². The van der Waals surface area contributed by atoms with Crippen LogP contribution in [0.25, 0.3) is 10.9 Å². The van der Waals surface area contributed by atoms with E-state index in [9.17, 15) is 14.0 Å². The molecule has 104 valence electrons. The number of hydrogen-bond donors (Lipinski definition) is 1. The van der Waals surface area contributed by atoms with Gasteiger partial charge in [-0.2, -0.15) is 5.10 Å². The van der Waals surface area contributed by atoms with Crippen molar-refractivity contribution in [3.8, 4) is 0 Å². The SMILES string of the molecule is Cn1ncc2c(F)c(N3C(=O)NC(=O)C3(C)C)ccc21.